The van der Waals surface area contributed by atoms with E-state index in [1.165, 1.54) is 46.3 Å². The molecule has 0 spiro atoms. The fourth-order valence-corrected chi connectivity index (χ4v) is 12.3. The van der Waals surface area contributed by atoms with E-state index in [9.17, 15) is 57.4 Å². The Bertz CT molecular complexity index is 3710. The zero-order valence-electron chi connectivity index (χ0n) is 44.6. The topological polar surface area (TPSA) is 593 Å². The molecule has 0 radical (unpaired) electrons. The molecule has 0 aliphatic carbocycles. The lowest BCUT2D eigenvalue weighted by Gasteiger charge is -2.19. The van der Waals surface area contributed by atoms with Crippen LogP contribution in [-0.4, -0.2) is 178 Å². The Balaban J connectivity index is 0.000000196. The van der Waals surface area contributed by atoms with Crippen LogP contribution < -0.4 is 28.1 Å². The summed E-state index contributed by atoms with van der Waals surface area (Å²) in [6, 6.07) is 0. The monoisotopic (exact) mass is 1430 g/mol. The summed E-state index contributed by atoms with van der Waals surface area (Å²) in [5, 5.41) is 30.6. The Morgan fingerprint density at radius 1 is 0.631 bits per heavy atom. The van der Waals surface area contributed by atoms with E-state index in [1.807, 2.05) is 0 Å². The highest BCUT2D eigenvalue weighted by atomic mass is 127. The minimum atomic E-state index is -5.60. The molecule has 3 aliphatic heterocycles. The average Bonchev–Trinajstić information content (AvgIpc) is 2.37. The summed E-state index contributed by atoms with van der Waals surface area (Å²) in [6.45, 7) is 12.0. The number of aromatic amines is 3. The molecule has 470 valence electrons. The maximum absolute atomic E-state index is 12.1. The van der Waals surface area contributed by atoms with Gasteiger partial charge in [-0.25, -0.2) is 33.4 Å². The largest absolute Gasteiger partial charge is 0.488 e. The van der Waals surface area contributed by atoms with Gasteiger partial charge in [-0.3, -0.25) is 51.7 Å². The molecule has 84 heavy (non-hydrogen) atoms. The van der Waals surface area contributed by atoms with Crippen LogP contribution in [0, 0.1) is 6.92 Å². The number of aryl methyl sites for hydroxylation is 1. The first-order chi connectivity index (χ1) is 38.7. The number of H-pyrrole nitrogens is 3. The third-order valence-electron chi connectivity index (χ3n) is 10.6. The number of hydrogen-bond donors (Lipinski definition) is 14. The van der Waals surface area contributed by atoms with Crippen molar-refractivity contribution in [2.45, 2.75) is 109 Å². The highest BCUT2D eigenvalue weighted by Gasteiger charge is 2.43. The third kappa shape index (κ3) is 19.8. The molecule has 3 aliphatic rings. The molecule has 3 saturated heterocycles. The van der Waals surface area contributed by atoms with Crippen molar-refractivity contribution in [3.05, 3.63) is 55.9 Å². The van der Waals surface area contributed by atoms with Gasteiger partial charge in [-0.05, 0) is 13.8 Å². The van der Waals surface area contributed by atoms with E-state index in [4.69, 9.17) is 68.9 Å². The lowest BCUT2D eigenvalue weighted by Crippen LogP contribution is -2.20. The smallest absolute Gasteiger partial charge is 0.388 e. The quantitative estimate of drug-likeness (QED) is 0.0239. The number of nitrogens with zero attached hydrogens (tertiary/aromatic N) is 9. The minimum absolute atomic E-state index is 0.0109. The van der Waals surface area contributed by atoms with Crippen LogP contribution >= 0.6 is 60.0 Å². The Kier molecular flexibility index (Phi) is 22.7. The minimum Gasteiger partial charge on any atom is -0.388 e. The summed E-state index contributed by atoms with van der Waals surface area (Å²) in [4.78, 5) is 120. The SMILES string of the molecule is CCOP(C)(=O)CO[C@@H]1C[C@H](O)[C@H](n2cnc3c(=O)[nH]c(N)nc32)O1.C[Si](C)(C)I.Cc1nc2c(ncn2[C@@H]2O[C@H](OCP(=O)(O)OP(=O)(O)OP(=O)(O)O)C[C@@H]2O)c(=O)[nH]1.Nc1nc2c(ncn2[C@@H]2O[C@H](OCP(=O)(O)O)C[C@@H]2O)c(=O)[nH]1. The van der Waals surface area contributed by atoms with Crippen LogP contribution in [-0.2, 0) is 64.4 Å². The lowest BCUT2D eigenvalue weighted by molar-refractivity contribution is -0.145. The van der Waals surface area contributed by atoms with Gasteiger partial charge >= 0.3 is 30.8 Å². The number of nitrogens with two attached hydrogens (primary N) is 2. The lowest BCUT2D eigenvalue weighted by atomic mass is 10.2. The molecule has 9 heterocycles. The number of aliphatic hydroxyl groups excluding tert-OH is 3. The molecule has 3 unspecified atom stereocenters. The molecule has 47 heteroatoms. The van der Waals surface area contributed by atoms with Gasteiger partial charge in [-0.1, -0.05) is 19.6 Å². The standard InChI is InChI=1S/C13H20N5O6P.C11H17N4O13P3.C10H14N5O7P.C3H9ISi/c1-3-23-25(2,21)6-22-8-4-7(19)12(24-8)18-5-15-9-10(18)16-13(14)17-11(9)20;1-5-13-9-8(10(17)14-5)12-3-15(9)11-6(16)2-7(26-11)25-4-29(18,19)27-31(23,24)28-30(20,21)22;11-10-13-7-6(8(17)14-10)12-2-15(7)9-4(16)1-5(22-9)21-3-23(18,19)20;1-5(2,3)4/h5,7-8,12,19H,3-4,6H2,1-2H3,(H3,14,16,17,20);3,6-7,11,16H,2,4H2,1H3,(H,18,19)(H,23,24)(H,13,14,17)(H2,20,21,22);2,4-5,9,16H,1,3H2,(H2,18,19,20)(H3,11,13,14,17);1-3H3/t7-,8-,12+,25?;6-,7-,11+;4-,5-,9+;/m000./s1. The second kappa shape index (κ2) is 27.6. The Labute approximate surface area is 484 Å². The van der Waals surface area contributed by atoms with Crippen LogP contribution in [0.2, 0.25) is 19.6 Å². The van der Waals surface area contributed by atoms with Gasteiger partial charge in [0.1, 0.15) is 36.1 Å². The van der Waals surface area contributed by atoms with E-state index in [0.717, 1.165) is 0 Å². The maximum Gasteiger partial charge on any atom is 0.488 e. The van der Waals surface area contributed by atoms with Crippen molar-refractivity contribution < 1.29 is 109 Å². The highest BCUT2D eigenvalue weighted by Crippen LogP contribution is 2.66. The molecule has 9 rings (SSSR count). The number of ether oxygens (including phenoxy) is 6. The van der Waals surface area contributed by atoms with Crippen LogP contribution in [0.1, 0.15) is 50.7 Å². The summed E-state index contributed by atoms with van der Waals surface area (Å²) in [5.74, 6) is 0.0954. The van der Waals surface area contributed by atoms with Crippen LogP contribution in [0.5, 0.6) is 0 Å². The Hall–Kier alpha value is -3.97. The molecule has 0 bridgehead atoms. The molecular weight excluding hydrogens is 1370 g/mol. The number of imidazole rings is 3. The fourth-order valence-electron chi connectivity index (χ4n) is 7.62. The molecule has 12 atom stereocenters. The van der Waals surface area contributed by atoms with E-state index in [1.54, 1.807) is 6.92 Å². The van der Waals surface area contributed by atoms with E-state index in [-0.39, 0.29) is 76.8 Å². The van der Waals surface area contributed by atoms with Crippen molar-refractivity contribution >= 4 is 111 Å². The number of aromatic nitrogens is 12. The Morgan fingerprint density at radius 3 is 1.36 bits per heavy atom. The van der Waals surface area contributed by atoms with E-state index >= 15 is 0 Å². The second-order valence-electron chi connectivity index (χ2n) is 19.1. The van der Waals surface area contributed by atoms with Crippen molar-refractivity contribution in [3.8, 4) is 0 Å². The first-order valence-electron chi connectivity index (χ1n) is 24.0. The van der Waals surface area contributed by atoms with Crippen LogP contribution in [0.15, 0.2) is 33.4 Å². The first-order valence-corrected chi connectivity index (χ1v) is 39.5. The highest BCUT2D eigenvalue weighted by molar-refractivity contribution is 14.1. The summed E-state index contributed by atoms with van der Waals surface area (Å²) < 4.78 is 105. The van der Waals surface area contributed by atoms with Crippen molar-refractivity contribution in [3.63, 3.8) is 0 Å². The molecular formula is C37H60IN14O26P5Si. The molecule has 16 N–H and O–H groups in total. The van der Waals surface area contributed by atoms with Crippen molar-refractivity contribution in [2.24, 2.45) is 0 Å². The van der Waals surface area contributed by atoms with Crippen LogP contribution in [0.4, 0.5) is 11.9 Å². The number of nitrogens with one attached hydrogen (secondary N) is 3. The van der Waals surface area contributed by atoms with Gasteiger partial charge in [0, 0.05) is 25.9 Å². The fraction of sp³-hybridized carbons (Fsp3) is 0.595. The molecule has 3 fully saturated rings. The number of rotatable bonds is 18. The molecule has 0 aromatic carbocycles. The maximum atomic E-state index is 12.1. The average molecular weight is 1430 g/mol. The summed E-state index contributed by atoms with van der Waals surface area (Å²) >= 11 is 2.52. The van der Waals surface area contributed by atoms with Gasteiger partial charge in [0.05, 0.1) is 25.6 Å². The number of fused-ring (bicyclic) bond motifs is 3. The van der Waals surface area contributed by atoms with E-state index in [0.29, 0.717) is 6.61 Å². The van der Waals surface area contributed by atoms with Gasteiger partial charge in [0.2, 0.25) is 19.3 Å². The molecule has 6 aromatic heterocycles. The van der Waals surface area contributed by atoms with Crippen LogP contribution in [0.3, 0.4) is 0 Å². The predicted octanol–water partition coefficient (Wildman–Crippen LogP) is 0.362. The number of halogens is 1. The molecule has 0 saturated carbocycles. The van der Waals surface area contributed by atoms with Gasteiger partial charge in [-0.2, -0.15) is 14.3 Å². The van der Waals surface area contributed by atoms with Gasteiger partial charge in [-0.15, -0.1) is 21.8 Å². The first kappa shape index (κ1) is 69.1. The zero-order valence-corrected chi connectivity index (χ0v) is 52.3. The van der Waals surface area contributed by atoms with Gasteiger partial charge in [0.15, 0.2) is 83.7 Å². The molecule has 6 aromatic rings. The summed E-state index contributed by atoms with van der Waals surface area (Å²) in [5.41, 5.74) is 9.40. The number of phosphoric acid groups is 2. The summed E-state index contributed by atoms with van der Waals surface area (Å²) in [6.07, 6.45) is -7.71. The normalized spacial score (nSPS) is 25.0. The number of nitrogen functional groups attached to an aromatic ring is 2. The number of anilines is 2. The van der Waals surface area contributed by atoms with Crippen molar-refractivity contribution in [1.29, 1.82) is 0 Å². The second-order valence-corrected chi connectivity index (χ2v) is 41.8. The number of hydrogen-bond acceptors (Lipinski definition) is 28. The zero-order chi connectivity index (χ0) is 62.7. The predicted molar refractivity (Wildman–Crippen MR) is 298 cm³/mol. The third-order valence-corrected chi connectivity index (χ3v) is 16.5. The van der Waals surface area contributed by atoms with E-state index in [2.05, 4.69) is 94.9 Å². The summed E-state index contributed by atoms with van der Waals surface area (Å²) in [7, 11) is -23.4. The van der Waals surface area contributed by atoms with Crippen LogP contribution in [0.25, 0.3) is 33.5 Å². The van der Waals surface area contributed by atoms with Crippen molar-refractivity contribution in [1.82, 2.24) is 58.6 Å². The number of aliphatic hydroxyl groups is 3. The van der Waals surface area contributed by atoms with Crippen molar-refractivity contribution in [2.75, 3.05) is 43.8 Å². The Morgan fingerprint density at radius 2 is 0.988 bits per heavy atom. The van der Waals surface area contributed by atoms with E-state index < -0.39 is 129 Å². The van der Waals surface area contributed by atoms with Gasteiger partial charge in [0.25, 0.3) is 16.7 Å². The van der Waals surface area contributed by atoms with Gasteiger partial charge < -0.3 is 94.1 Å². The molecule has 0 amide bonds. The molecule has 40 nitrogen and oxygen atoms in total.